The standard InChI is InChI=1S/C13H14N2S/c14-9-12-7-4-8-13(15-12)16-10-11-5-2-1-3-6-11/h1-8H,9-10,14H2. The van der Waals surface area contributed by atoms with E-state index in [9.17, 15) is 0 Å². The van der Waals surface area contributed by atoms with Crippen molar-refractivity contribution in [2.24, 2.45) is 5.73 Å². The third-order valence-corrected chi connectivity index (χ3v) is 3.22. The number of nitrogens with zero attached hydrogens (tertiary/aromatic N) is 1. The highest BCUT2D eigenvalue weighted by Crippen LogP contribution is 2.20. The maximum atomic E-state index is 5.55. The first-order valence-electron chi connectivity index (χ1n) is 5.21. The van der Waals surface area contributed by atoms with E-state index in [-0.39, 0.29) is 0 Å². The molecule has 0 aliphatic carbocycles. The number of aromatic nitrogens is 1. The number of pyridine rings is 1. The van der Waals surface area contributed by atoms with Crippen molar-refractivity contribution in [2.45, 2.75) is 17.3 Å². The summed E-state index contributed by atoms with van der Waals surface area (Å²) < 4.78 is 0. The highest BCUT2D eigenvalue weighted by molar-refractivity contribution is 7.98. The zero-order chi connectivity index (χ0) is 11.2. The Balaban J connectivity index is 1.99. The van der Waals surface area contributed by atoms with Gasteiger partial charge < -0.3 is 5.73 Å². The summed E-state index contributed by atoms with van der Waals surface area (Å²) in [6.45, 7) is 0.500. The second kappa shape index (κ2) is 5.68. The Labute approximate surface area is 99.9 Å². The molecule has 2 nitrogen and oxygen atoms in total. The summed E-state index contributed by atoms with van der Waals surface area (Å²) in [5.74, 6) is 0.946. The molecule has 0 bridgehead atoms. The zero-order valence-electron chi connectivity index (χ0n) is 8.97. The van der Waals surface area contributed by atoms with Crippen LogP contribution < -0.4 is 5.73 Å². The van der Waals surface area contributed by atoms with Crippen molar-refractivity contribution in [1.82, 2.24) is 4.98 Å². The van der Waals surface area contributed by atoms with E-state index in [1.807, 2.05) is 24.3 Å². The molecule has 0 fully saturated rings. The number of hydrogen-bond donors (Lipinski definition) is 1. The lowest BCUT2D eigenvalue weighted by molar-refractivity contribution is 0.941. The van der Waals surface area contributed by atoms with Crippen LogP contribution in [0.4, 0.5) is 0 Å². The fourth-order valence-electron chi connectivity index (χ4n) is 1.38. The molecule has 0 aliphatic rings. The Kier molecular flexibility index (Phi) is 3.97. The van der Waals surface area contributed by atoms with Crippen LogP contribution in [0.5, 0.6) is 0 Å². The highest BCUT2D eigenvalue weighted by atomic mass is 32.2. The maximum absolute atomic E-state index is 5.55. The van der Waals surface area contributed by atoms with Gasteiger partial charge in [0.25, 0.3) is 0 Å². The van der Waals surface area contributed by atoms with E-state index < -0.39 is 0 Å². The molecule has 0 saturated heterocycles. The zero-order valence-corrected chi connectivity index (χ0v) is 9.78. The molecule has 2 rings (SSSR count). The predicted molar refractivity (Wildman–Crippen MR) is 68.1 cm³/mol. The van der Waals surface area contributed by atoms with Crippen LogP contribution in [0.3, 0.4) is 0 Å². The lowest BCUT2D eigenvalue weighted by Gasteiger charge is -2.02. The first kappa shape index (κ1) is 11.2. The minimum absolute atomic E-state index is 0.500. The lowest BCUT2D eigenvalue weighted by atomic mass is 10.2. The van der Waals surface area contributed by atoms with Crippen LogP contribution in [0, 0.1) is 0 Å². The van der Waals surface area contributed by atoms with Gasteiger partial charge in [0.1, 0.15) is 0 Å². The molecule has 0 saturated carbocycles. The van der Waals surface area contributed by atoms with Gasteiger partial charge in [0, 0.05) is 12.3 Å². The van der Waals surface area contributed by atoms with Crippen LogP contribution >= 0.6 is 11.8 Å². The normalized spacial score (nSPS) is 10.3. The van der Waals surface area contributed by atoms with Crippen molar-refractivity contribution in [3.63, 3.8) is 0 Å². The summed E-state index contributed by atoms with van der Waals surface area (Å²) in [6.07, 6.45) is 0. The van der Waals surface area contributed by atoms with E-state index in [2.05, 4.69) is 29.2 Å². The average Bonchev–Trinajstić information content (AvgIpc) is 2.38. The van der Waals surface area contributed by atoms with E-state index in [4.69, 9.17) is 5.73 Å². The molecule has 2 N–H and O–H groups in total. The Morgan fingerprint density at radius 1 is 1.00 bits per heavy atom. The van der Waals surface area contributed by atoms with Crippen molar-refractivity contribution in [3.05, 3.63) is 59.8 Å². The van der Waals surface area contributed by atoms with Crippen molar-refractivity contribution in [1.29, 1.82) is 0 Å². The first-order valence-corrected chi connectivity index (χ1v) is 6.20. The summed E-state index contributed by atoms with van der Waals surface area (Å²) in [5, 5.41) is 1.03. The quantitative estimate of drug-likeness (QED) is 0.821. The summed E-state index contributed by atoms with van der Waals surface area (Å²) >= 11 is 1.74. The van der Waals surface area contributed by atoms with Crippen LogP contribution in [-0.4, -0.2) is 4.98 Å². The van der Waals surface area contributed by atoms with Gasteiger partial charge in [0.2, 0.25) is 0 Å². The van der Waals surface area contributed by atoms with Crippen LogP contribution in [0.25, 0.3) is 0 Å². The molecule has 0 amide bonds. The third-order valence-electron chi connectivity index (χ3n) is 2.22. The van der Waals surface area contributed by atoms with Crippen molar-refractivity contribution in [2.75, 3.05) is 0 Å². The molecule has 1 aromatic heterocycles. The molecule has 0 aliphatic heterocycles. The molecule has 0 radical (unpaired) electrons. The van der Waals surface area contributed by atoms with Crippen molar-refractivity contribution in [3.8, 4) is 0 Å². The van der Waals surface area contributed by atoms with Gasteiger partial charge in [-0.15, -0.1) is 11.8 Å². The molecule has 0 unspecified atom stereocenters. The van der Waals surface area contributed by atoms with E-state index in [0.717, 1.165) is 16.5 Å². The highest BCUT2D eigenvalue weighted by Gasteiger charge is 1.98. The van der Waals surface area contributed by atoms with Crippen molar-refractivity contribution >= 4 is 11.8 Å². The Morgan fingerprint density at radius 2 is 1.81 bits per heavy atom. The monoisotopic (exact) mass is 230 g/mol. The fourth-order valence-corrected chi connectivity index (χ4v) is 2.25. The summed E-state index contributed by atoms with van der Waals surface area (Å²) in [7, 11) is 0. The number of benzene rings is 1. The van der Waals surface area contributed by atoms with Gasteiger partial charge in [-0.05, 0) is 17.7 Å². The number of rotatable bonds is 4. The fraction of sp³-hybridized carbons (Fsp3) is 0.154. The van der Waals surface area contributed by atoms with Gasteiger partial charge in [-0.1, -0.05) is 36.4 Å². The van der Waals surface area contributed by atoms with Gasteiger partial charge in [-0.2, -0.15) is 0 Å². The van der Waals surface area contributed by atoms with E-state index in [0.29, 0.717) is 6.54 Å². The molecular formula is C13H14N2S. The molecular weight excluding hydrogens is 216 g/mol. The summed E-state index contributed by atoms with van der Waals surface area (Å²) in [4.78, 5) is 4.44. The Morgan fingerprint density at radius 3 is 2.56 bits per heavy atom. The first-order chi connectivity index (χ1) is 7.88. The smallest absolute Gasteiger partial charge is 0.0966 e. The number of nitrogens with two attached hydrogens (primary N) is 1. The Hall–Kier alpha value is -1.32. The molecule has 16 heavy (non-hydrogen) atoms. The van der Waals surface area contributed by atoms with Crippen LogP contribution in [0.2, 0.25) is 0 Å². The average molecular weight is 230 g/mol. The predicted octanol–water partition coefficient (Wildman–Crippen LogP) is 2.83. The SMILES string of the molecule is NCc1cccc(SCc2ccccc2)n1. The molecule has 0 spiro atoms. The van der Waals surface area contributed by atoms with Crippen molar-refractivity contribution < 1.29 is 0 Å². The van der Waals surface area contributed by atoms with Gasteiger partial charge in [-0.25, -0.2) is 4.98 Å². The lowest BCUT2D eigenvalue weighted by Crippen LogP contribution is -1.99. The molecule has 2 aromatic rings. The largest absolute Gasteiger partial charge is 0.325 e. The van der Waals surface area contributed by atoms with Gasteiger partial charge >= 0.3 is 0 Å². The van der Waals surface area contributed by atoms with Gasteiger partial charge in [0.15, 0.2) is 0 Å². The topological polar surface area (TPSA) is 38.9 Å². The number of thioether (sulfide) groups is 1. The Bertz CT molecular complexity index is 443. The molecule has 1 heterocycles. The number of hydrogen-bond acceptors (Lipinski definition) is 3. The van der Waals surface area contributed by atoms with Gasteiger partial charge in [-0.3, -0.25) is 0 Å². The maximum Gasteiger partial charge on any atom is 0.0966 e. The minimum Gasteiger partial charge on any atom is -0.325 e. The molecule has 82 valence electrons. The van der Waals surface area contributed by atoms with Gasteiger partial charge in [0.05, 0.1) is 10.7 Å². The van der Waals surface area contributed by atoms with E-state index in [1.165, 1.54) is 5.56 Å². The summed E-state index contributed by atoms with van der Waals surface area (Å²) in [6, 6.07) is 16.4. The minimum atomic E-state index is 0.500. The molecule has 0 atom stereocenters. The second-order valence-electron chi connectivity index (χ2n) is 3.45. The van der Waals surface area contributed by atoms with Crippen LogP contribution in [-0.2, 0) is 12.3 Å². The molecule has 3 heteroatoms. The van der Waals surface area contributed by atoms with E-state index >= 15 is 0 Å². The molecule has 1 aromatic carbocycles. The van der Waals surface area contributed by atoms with E-state index in [1.54, 1.807) is 11.8 Å². The summed E-state index contributed by atoms with van der Waals surface area (Å²) in [5.41, 5.74) is 7.81. The third kappa shape index (κ3) is 3.08. The second-order valence-corrected chi connectivity index (χ2v) is 4.44. The van der Waals surface area contributed by atoms with Crippen LogP contribution in [0.15, 0.2) is 53.6 Å². The van der Waals surface area contributed by atoms with Crippen LogP contribution in [0.1, 0.15) is 11.3 Å².